The molecular formula is C16H23N3OS. The summed E-state index contributed by atoms with van der Waals surface area (Å²) in [5, 5.41) is 5.73. The van der Waals surface area contributed by atoms with Gasteiger partial charge in [0.05, 0.1) is 6.54 Å². The van der Waals surface area contributed by atoms with Crippen molar-refractivity contribution in [3.8, 4) is 0 Å². The van der Waals surface area contributed by atoms with E-state index < -0.39 is 0 Å². The summed E-state index contributed by atoms with van der Waals surface area (Å²) in [5.74, 6) is 1.08. The molecule has 21 heavy (non-hydrogen) atoms. The summed E-state index contributed by atoms with van der Waals surface area (Å²) < 4.78 is 0. The first kappa shape index (κ1) is 13.7. The average molecular weight is 305 g/mol. The van der Waals surface area contributed by atoms with Gasteiger partial charge in [0.2, 0.25) is 5.91 Å². The lowest BCUT2D eigenvalue weighted by Crippen LogP contribution is -2.49. The SMILES string of the molecule is O=C(CN1CCC2NCCC2C1)N1CCc2sccc2C1. The van der Waals surface area contributed by atoms with E-state index in [4.69, 9.17) is 0 Å². The second-order valence-corrected chi connectivity index (χ2v) is 7.57. The molecule has 0 bridgehead atoms. The molecule has 0 radical (unpaired) electrons. The third kappa shape index (κ3) is 2.74. The van der Waals surface area contributed by atoms with E-state index in [2.05, 4.69) is 21.7 Å². The molecule has 3 aliphatic heterocycles. The molecule has 0 saturated carbocycles. The van der Waals surface area contributed by atoms with E-state index in [9.17, 15) is 4.79 Å². The maximum atomic E-state index is 12.6. The molecule has 1 aromatic heterocycles. The van der Waals surface area contributed by atoms with Gasteiger partial charge in [0.1, 0.15) is 0 Å². The number of thiophene rings is 1. The molecule has 4 nitrogen and oxygen atoms in total. The second-order valence-electron chi connectivity index (χ2n) is 6.57. The standard InChI is InChI=1S/C16H23N3OS/c20-16(19-7-3-15-13(10-19)4-8-21-15)11-18-6-2-14-12(9-18)1-5-17-14/h4,8,12,14,17H,1-3,5-7,9-11H2. The molecule has 2 saturated heterocycles. The number of piperidine rings is 1. The molecule has 2 fully saturated rings. The number of carbonyl (C=O) groups excluding carboxylic acids is 1. The van der Waals surface area contributed by atoms with Crippen molar-refractivity contribution in [3.63, 3.8) is 0 Å². The minimum Gasteiger partial charge on any atom is -0.337 e. The van der Waals surface area contributed by atoms with Gasteiger partial charge in [-0.3, -0.25) is 9.69 Å². The van der Waals surface area contributed by atoms with Crippen LogP contribution in [-0.2, 0) is 17.8 Å². The lowest BCUT2D eigenvalue weighted by molar-refractivity contribution is -0.133. The average Bonchev–Trinajstić information content (AvgIpc) is 3.14. The van der Waals surface area contributed by atoms with Crippen molar-refractivity contribution in [3.05, 3.63) is 21.9 Å². The summed E-state index contributed by atoms with van der Waals surface area (Å²) in [4.78, 5) is 18.5. The minimum atomic E-state index is 0.316. The monoisotopic (exact) mass is 305 g/mol. The Hall–Kier alpha value is -0.910. The Balaban J connectivity index is 1.34. The van der Waals surface area contributed by atoms with Crippen molar-refractivity contribution < 1.29 is 4.79 Å². The lowest BCUT2D eigenvalue weighted by Gasteiger charge is -2.36. The highest BCUT2D eigenvalue weighted by atomic mass is 32.1. The van der Waals surface area contributed by atoms with Crippen molar-refractivity contribution >= 4 is 17.2 Å². The van der Waals surface area contributed by atoms with Gasteiger partial charge in [-0.1, -0.05) is 0 Å². The Morgan fingerprint density at radius 2 is 2.33 bits per heavy atom. The Morgan fingerprint density at radius 3 is 3.29 bits per heavy atom. The van der Waals surface area contributed by atoms with Gasteiger partial charge in [-0.15, -0.1) is 11.3 Å². The summed E-state index contributed by atoms with van der Waals surface area (Å²) in [7, 11) is 0. The van der Waals surface area contributed by atoms with Crippen LogP contribution in [0.3, 0.4) is 0 Å². The molecule has 3 aliphatic rings. The lowest BCUT2D eigenvalue weighted by atomic mass is 9.93. The molecular weight excluding hydrogens is 282 g/mol. The largest absolute Gasteiger partial charge is 0.337 e. The van der Waals surface area contributed by atoms with E-state index in [-0.39, 0.29) is 0 Å². The van der Waals surface area contributed by atoms with E-state index in [0.717, 1.165) is 45.1 Å². The zero-order chi connectivity index (χ0) is 14.2. The first-order valence-electron chi connectivity index (χ1n) is 8.08. The van der Waals surface area contributed by atoms with Gasteiger partial charge in [-0.2, -0.15) is 0 Å². The fourth-order valence-electron chi connectivity index (χ4n) is 4.02. The third-order valence-electron chi connectivity index (χ3n) is 5.26. The highest BCUT2D eigenvalue weighted by Crippen LogP contribution is 2.26. The molecule has 4 rings (SSSR count). The minimum absolute atomic E-state index is 0.316. The van der Waals surface area contributed by atoms with Crippen LogP contribution in [0, 0.1) is 5.92 Å². The van der Waals surface area contributed by atoms with Crippen LogP contribution in [0.15, 0.2) is 11.4 Å². The first-order chi connectivity index (χ1) is 10.3. The summed E-state index contributed by atoms with van der Waals surface area (Å²) in [6, 6.07) is 2.88. The molecule has 5 heteroatoms. The molecule has 0 aliphatic carbocycles. The number of carbonyl (C=O) groups is 1. The van der Waals surface area contributed by atoms with Crippen molar-refractivity contribution in [2.45, 2.75) is 31.8 Å². The number of nitrogens with zero attached hydrogens (tertiary/aromatic N) is 2. The Kier molecular flexibility index (Phi) is 3.73. The van der Waals surface area contributed by atoms with E-state index in [1.54, 1.807) is 0 Å². The van der Waals surface area contributed by atoms with E-state index in [0.29, 0.717) is 18.5 Å². The molecule has 0 aromatic carbocycles. The van der Waals surface area contributed by atoms with Gasteiger partial charge in [-0.05, 0) is 48.7 Å². The molecule has 1 N–H and O–H groups in total. The predicted molar refractivity (Wildman–Crippen MR) is 84.4 cm³/mol. The van der Waals surface area contributed by atoms with Gasteiger partial charge in [0.15, 0.2) is 0 Å². The van der Waals surface area contributed by atoms with Crippen LogP contribution in [0.1, 0.15) is 23.3 Å². The predicted octanol–water partition coefficient (Wildman–Crippen LogP) is 1.32. The van der Waals surface area contributed by atoms with Crippen LogP contribution >= 0.6 is 11.3 Å². The van der Waals surface area contributed by atoms with Crippen LogP contribution in [0.2, 0.25) is 0 Å². The maximum Gasteiger partial charge on any atom is 0.237 e. The number of hydrogen-bond acceptors (Lipinski definition) is 4. The first-order valence-corrected chi connectivity index (χ1v) is 8.96. The quantitative estimate of drug-likeness (QED) is 0.895. The molecule has 2 unspecified atom stereocenters. The second kappa shape index (κ2) is 5.71. The summed E-state index contributed by atoms with van der Waals surface area (Å²) in [6.45, 7) is 5.65. The Morgan fingerprint density at radius 1 is 1.38 bits per heavy atom. The van der Waals surface area contributed by atoms with Crippen LogP contribution in [0.5, 0.6) is 0 Å². The molecule has 2 atom stereocenters. The van der Waals surface area contributed by atoms with Crippen LogP contribution in [0.4, 0.5) is 0 Å². The van der Waals surface area contributed by atoms with Gasteiger partial charge < -0.3 is 10.2 Å². The smallest absolute Gasteiger partial charge is 0.237 e. The number of likely N-dealkylation sites (tertiary alicyclic amines) is 1. The van der Waals surface area contributed by atoms with E-state index in [1.165, 1.54) is 23.3 Å². The highest BCUT2D eigenvalue weighted by Gasteiger charge is 2.33. The van der Waals surface area contributed by atoms with Crippen molar-refractivity contribution in [1.82, 2.24) is 15.1 Å². The van der Waals surface area contributed by atoms with Crippen molar-refractivity contribution in [2.75, 3.05) is 32.7 Å². The fourth-order valence-corrected chi connectivity index (χ4v) is 4.91. The van der Waals surface area contributed by atoms with Gasteiger partial charge in [0, 0.05) is 37.1 Å². The summed E-state index contributed by atoms with van der Waals surface area (Å²) >= 11 is 1.83. The van der Waals surface area contributed by atoms with Crippen molar-refractivity contribution in [1.29, 1.82) is 0 Å². The number of amides is 1. The number of hydrogen-bond donors (Lipinski definition) is 1. The maximum absolute atomic E-state index is 12.6. The van der Waals surface area contributed by atoms with E-state index in [1.807, 2.05) is 16.2 Å². The van der Waals surface area contributed by atoms with Gasteiger partial charge in [-0.25, -0.2) is 0 Å². The number of fused-ring (bicyclic) bond motifs is 2. The molecule has 0 spiro atoms. The molecule has 1 aromatic rings. The number of nitrogens with one attached hydrogen (secondary N) is 1. The van der Waals surface area contributed by atoms with Crippen LogP contribution in [-0.4, -0.2) is 54.5 Å². The molecule has 1 amide bonds. The molecule has 114 valence electrons. The Labute approximate surface area is 130 Å². The van der Waals surface area contributed by atoms with Gasteiger partial charge in [0.25, 0.3) is 0 Å². The van der Waals surface area contributed by atoms with E-state index >= 15 is 0 Å². The van der Waals surface area contributed by atoms with Crippen molar-refractivity contribution in [2.24, 2.45) is 5.92 Å². The Bertz CT molecular complexity index is 529. The van der Waals surface area contributed by atoms with Crippen LogP contribution in [0.25, 0.3) is 0 Å². The summed E-state index contributed by atoms with van der Waals surface area (Å²) in [6.07, 6.45) is 3.51. The summed E-state index contributed by atoms with van der Waals surface area (Å²) in [5.41, 5.74) is 1.36. The highest BCUT2D eigenvalue weighted by molar-refractivity contribution is 7.10. The number of rotatable bonds is 2. The zero-order valence-electron chi connectivity index (χ0n) is 12.4. The topological polar surface area (TPSA) is 35.6 Å². The van der Waals surface area contributed by atoms with Gasteiger partial charge >= 0.3 is 0 Å². The fraction of sp³-hybridized carbons (Fsp3) is 0.688. The zero-order valence-corrected chi connectivity index (χ0v) is 13.2. The molecule has 4 heterocycles. The van der Waals surface area contributed by atoms with Crippen LogP contribution < -0.4 is 5.32 Å². The third-order valence-corrected chi connectivity index (χ3v) is 6.28. The normalized spacial score (nSPS) is 29.2.